The molecule has 0 radical (unpaired) electrons. The third-order valence-corrected chi connectivity index (χ3v) is 6.45. The minimum Gasteiger partial charge on any atom is -0.493 e. The van der Waals surface area contributed by atoms with E-state index >= 15 is 0 Å². The predicted octanol–water partition coefficient (Wildman–Crippen LogP) is 5.84. The molecule has 0 aliphatic carbocycles. The van der Waals surface area contributed by atoms with Crippen LogP contribution in [-0.2, 0) is 6.42 Å². The molecule has 1 heterocycles. The Morgan fingerprint density at radius 2 is 1.59 bits per heavy atom. The third-order valence-electron chi connectivity index (χ3n) is 5.89. The zero-order valence-corrected chi connectivity index (χ0v) is 20.7. The van der Waals surface area contributed by atoms with Crippen LogP contribution in [0.1, 0.15) is 27.5 Å². The molecule has 1 aliphatic rings. The van der Waals surface area contributed by atoms with E-state index in [0.717, 1.165) is 11.1 Å². The first-order valence-corrected chi connectivity index (χ1v) is 11.5. The summed E-state index contributed by atoms with van der Waals surface area (Å²) in [5.41, 5.74) is 2.33. The molecule has 0 fully saturated rings. The van der Waals surface area contributed by atoms with E-state index in [1.54, 1.807) is 44.4 Å². The van der Waals surface area contributed by atoms with Crippen LogP contribution in [0.2, 0.25) is 10.0 Å². The van der Waals surface area contributed by atoms with E-state index in [0.29, 0.717) is 51.6 Å². The standard InChI is InChI=1S/C26H25Cl2NO5/c1-31-22-6-4-5-7-23(22)34-15-21-18-14-25(33-3)24(32-2)12-16(18)10-11-29(21)26(30)19-13-17(27)8-9-20(19)28/h4-9,12-14,21H,10-11,15H2,1-3H3. The zero-order valence-electron chi connectivity index (χ0n) is 19.1. The van der Waals surface area contributed by atoms with Crippen molar-refractivity contribution in [3.63, 3.8) is 0 Å². The van der Waals surface area contributed by atoms with Gasteiger partial charge in [-0.2, -0.15) is 0 Å². The lowest BCUT2D eigenvalue weighted by Gasteiger charge is -2.38. The maximum absolute atomic E-state index is 13.7. The van der Waals surface area contributed by atoms with E-state index in [9.17, 15) is 4.79 Å². The van der Waals surface area contributed by atoms with Crippen molar-refractivity contribution in [3.05, 3.63) is 81.3 Å². The Morgan fingerprint density at radius 3 is 2.29 bits per heavy atom. The average Bonchev–Trinajstić information content (AvgIpc) is 2.87. The molecule has 1 amide bonds. The Bertz CT molecular complexity index is 1200. The van der Waals surface area contributed by atoms with Crippen molar-refractivity contribution >= 4 is 29.1 Å². The van der Waals surface area contributed by atoms with Gasteiger partial charge in [0.15, 0.2) is 23.0 Å². The van der Waals surface area contributed by atoms with Crippen molar-refractivity contribution in [2.24, 2.45) is 0 Å². The van der Waals surface area contributed by atoms with Gasteiger partial charge in [-0.1, -0.05) is 35.3 Å². The molecule has 0 N–H and O–H groups in total. The van der Waals surface area contributed by atoms with Crippen LogP contribution in [0.15, 0.2) is 54.6 Å². The average molecular weight is 502 g/mol. The van der Waals surface area contributed by atoms with E-state index < -0.39 is 6.04 Å². The molecule has 178 valence electrons. The summed E-state index contributed by atoms with van der Waals surface area (Å²) in [5.74, 6) is 2.20. The number of carbonyl (C=O) groups excluding carboxylic acids is 1. The van der Waals surface area contributed by atoms with Crippen molar-refractivity contribution in [2.45, 2.75) is 12.5 Å². The molecule has 0 saturated carbocycles. The van der Waals surface area contributed by atoms with Crippen LogP contribution in [0.5, 0.6) is 23.0 Å². The summed E-state index contributed by atoms with van der Waals surface area (Å²) in [4.78, 5) is 15.4. The first-order valence-electron chi connectivity index (χ1n) is 10.7. The quantitative estimate of drug-likeness (QED) is 0.407. The number of hydrogen-bond donors (Lipinski definition) is 0. The van der Waals surface area contributed by atoms with Gasteiger partial charge in [0.25, 0.3) is 5.91 Å². The molecular formula is C26H25Cl2NO5. The summed E-state index contributed by atoms with van der Waals surface area (Å²) in [6.07, 6.45) is 0.644. The number of fused-ring (bicyclic) bond motifs is 1. The Balaban J connectivity index is 1.75. The van der Waals surface area contributed by atoms with Crippen LogP contribution in [-0.4, -0.2) is 45.3 Å². The number of carbonyl (C=O) groups is 1. The summed E-state index contributed by atoms with van der Waals surface area (Å²) in [5, 5.41) is 0.787. The SMILES string of the molecule is COc1cc2c(cc1OC)C(COc1ccccc1OC)N(C(=O)c1cc(Cl)ccc1Cl)CC2. The van der Waals surface area contributed by atoms with Crippen molar-refractivity contribution in [1.29, 1.82) is 0 Å². The smallest absolute Gasteiger partial charge is 0.256 e. The van der Waals surface area contributed by atoms with Crippen LogP contribution in [0, 0.1) is 0 Å². The lowest BCUT2D eigenvalue weighted by Crippen LogP contribution is -2.42. The molecule has 1 unspecified atom stereocenters. The summed E-state index contributed by atoms with van der Waals surface area (Å²) in [7, 11) is 4.78. The van der Waals surface area contributed by atoms with E-state index in [1.807, 2.05) is 36.4 Å². The Labute approximate surface area is 208 Å². The monoisotopic (exact) mass is 501 g/mol. The summed E-state index contributed by atoms with van der Waals surface area (Å²) < 4.78 is 22.6. The molecule has 34 heavy (non-hydrogen) atoms. The van der Waals surface area contributed by atoms with Gasteiger partial charge < -0.3 is 23.8 Å². The second kappa shape index (κ2) is 10.5. The van der Waals surface area contributed by atoms with Gasteiger partial charge in [-0.25, -0.2) is 0 Å². The number of methoxy groups -OCH3 is 3. The van der Waals surface area contributed by atoms with Crippen molar-refractivity contribution in [3.8, 4) is 23.0 Å². The highest BCUT2D eigenvalue weighted by Gasteiger charge is 2.34. The molecular weight excluding hydrogens is 477 g/mol. The molecule has 0 saturated heterocycles. The highest BCUT2D eigenvalue weighted by atomic mass is 35.5. The van der Waals surface area contributed by atoms with Gasteiger partial charge in [-0.15, -0.1) is 0 Å². The Morgan fingerprint density at radius 1 is 0.912 bits per heavy atom. The molecule has 0 spiro atoms. The van der Waals surface area contributed by atoms with Gasteiger partial charge >= 0.3 is 0 Å². The number of halogens is 2. The molecule has 1 aliphatic heterocycles. The van der Waals surface area contributed by atoms with Crippen LogP contribution >= 0.6 is 23.2 Å². The Hall–Kier alpha value is -3.09. The second-order valence-corrected chi connectivity index (χ2v) is 8.60. The van der Waals surface area contributed by atoms with Crippen LogP contribution in [0.4, 0.5) is 0 Å². The first-order chi connectivity index (χ1) is 16.5. The topological polar surface area (TPSA) is 57.2 Å². The largest absolute Gasteiger partial charge is 0.493 e. The van der Waals surface area contributed by atoms with Gasteiger partial charge in [0.05, 0.1) is 38.0 Å². The van der Waals surface area contributed by atoms with E-state index in [-0.39, 0.29) is 12.5 Å². The molecule has 1 atom stereocenters. The normalized spacial score (nSPS) is 14.9. The Kier molecular flexibility index (Phi) is 7.39. The maximum atomic E-state index is 13.7. The molecule has 8 heteroatoms. The van der Waals surface area contributed by atoms with Gasteiger partial charge in [-0.05, 0) is 60.0 Å². The fraction of sp³-hybridized carbons (Fsp3) is 0.269. The van der Waals surface area contributed by atoms with Gasteiger partial charge in [0.1, 0.15) is 6.61 Å². The lowest BCUT2D eigenvalue weighted by molar-refractivity contribution is 0.0587. The number of benzene rings is 3. The first kappa shape index (κ1) is 24.0. The molecule has 6 nitrogen and oxygen atoms in total. The maximum Gasteiger partial charge on any atom is 0.256 e. The number of rotatable bonds is 7. The van der Waals surface area contributed by atoms with E-state index in [2.05, 4.69) is 0 Å². The highest BCUT2D eigenvalue weighted by Crippen LogP contribution is 2.40. The number of hydrogen-bond acceptors (Lipinski definition) is 5. The molecule has 3 aromatic rings. The zero-order chi connectivity index (χ0) is 24.2. The van der Waals surface area contributed by atoms with Crippen molar-refractivity contribution in [1.82, 2.24) is 4.90 Å². The number of amides is 1. The fourth-order valence-electron chi connectivity index (χ4n) is 4.17. The molecule has 0 bridgehead atoms. The summed E-state index contributed by atoms with van der Waals surface area (Å²) in [6.45, 7) is 0.677. The fourth-order valence-corrected chi connectivity index (χ4v) is 4.54. The number of para-hydroxylation sites is 2. The van der Waals surface area contributed by atoms with Gasteiger partial charge in [0, 0.05) is 11.6 Å². The molecule has 0 aromatic heterocycles. The summed E-state index contributed by atoms with van der Waals surface area (Å²) >= 11 is 12.5. The van der Waals surface area contributed by atoms with Gasteiger partial charge in [0.2, 0.25) is 0 Å². The molecule has 3 aromatic carbocycles. The lowest BCUT2D eigenvalue weighted by atomic mass is 9.91. The van der Waals surface area contributed by atoms with Gasteiger partial charge in [-0.3, -0.25) is 4.79 Å². The van der Waals surface area contributed by atoms with Crippen LogP contribution in [0.25, 0.3) is 0 Å². The number of ether oxygens (including phenoxy) is 4. The minimum atomic E-state index is -0.406. The van der Waals surface area contributed by atoms with Crippen molar-refractivity contribution < 1.29 is 23.7 Å². The van der Waals surface area contributed by atoms with Crippen LogP contribution < -0.4 is 18.9 Å². The van der Waals surface area contributed by atoms with Crippen molar-refractivity contribution in [2.75, 3.05) is 34.5 Å². The predicted molar refractivity (Wildman–Crippen MR) is 132 cm³/mol. The second-order valence-electron chi connectivity index (χ2n) is 7.76. The minimum absolute atomic E-state index is 0.201. The molecule has 4 rings (SSSR count). The van der Waals surface area contributed by atoms with Crippen LogP contribution in [0.3, 0.4) is 0 Å². The van der Waals surface area contributed by atoms with E-state index in [1.165, 1.54) is 0 Å². The third kappa shape index (κ3) is 4.74. The van der Waals surface area contributed by atoms with E-state index in [4.69, 9.17) is 42.1 Å². The highest BCUT2D eigenvalue weighted by molar-refractivity contribution is 6.35. The number of nitrogens with zero attached hydrogens (tertiary/aromatic N) is 1. The summed E-state index contributed by atoms with van der Waals surface area (Å²) in [6, 6.07) is 15.7.